The summed E-state index contributed by atoms with van der Waals surface area (Å²) in [6.45, 7) is 0. The molecule has 0 aliphatic heterocycles. The van der Waals surface area contributed by atoms with Crippen LogP contribution in [-0.4, -0.2) is 17.1 Å². The molecule has 2 rings (SSSR count). The van der Waals surface area contributed by atoms with Crippen molar-refractivity contribution in [2.45, 2.75) is 0 Å². The summed E-state index contributed by atoms with van der Waals surface area (Å²) in [5.74, 6) is 0.421. The fourth-order valence-corrected chi connectivity index (χ4v) is 1.59. The second-order valence-electron chi connectivity index (χ2n) is 3.27. The number of hydrogen-bond acceptors (Lipinski definition) is 5. The van der Waals surface area contributed by atoms with Gasteiger partial charge in [-0.3, -0.25) is 0 Å². The van der Waals surface area contributed by atoms with E-state index in [0.717, 1.165) is 0 Å². The fraction of sp³-hybridized carbons (Fsp3) is 0.0909. The summed E-state index contributed by atoms with van der Waals surface area (Å²) in [6, 6.07) is 5.17. The van der Waals surface area contributed by atoms with Gasteiger partial charge in [0.1, 0.15) is 5.02 Å². The van der Waals surface area contributed by atoms with E-state index < -0.39 is 0 Å². The number of ether oxygens (including phenoxy) is 2. The van der Waals surface area contributed by atoms with Crippen LogP contribution in [0.5, 0.6) is 17.6 Å². The number of hydrogen-bond donors (Lipinski definition) is 1. The maximum Gasteiger partial charge on any atom is 0.319 e. The Morgan fingerprint density at radius 1 is 1.22 bits per heavy atom. The SMILES string of the molecule is COc1ncc(Cl)c(Oc2c(N)cccc2Cl)n1. The van der Waals surface area contributed by atoms with Gasteiger partial charge in [-0.25, -0.2) is 4.98 Å². The maximum atomic E-state index is 5.98. The van der Waals surface area contributed by atoms with Gasteiger partial charge in [0.25, 0.3) is 0 Å². The third-order valence-corrected chi connectivity index (χ3v) is 2.63. The van der Waals surface area contributed by atoms with Gasteiger partial charge in [0.2, 0.25) is 5.88 Å². The van der Waals surface area contributed by atoms with Gasteiger partial charge in [-0.2, -0.15) is 4.98 Å². The largest absolute Gasteiger partial charge is 0.467 e. The minimum absolute atomic E-state index is 0.128. The molecule has 1 aromatic carbocycles. The Balaban J connectivity index is 2.39. The highest BCUT2D eigenvalue weighted by molar-refractivity contribution is 6.33. The summed E-state index contributed by atoms with van der Waals surface area (Å²) in [6.07, 6.45) is 1.37. The van der Waals surface area contributed by atoms with E-state index in [1.807, 2.05) is 0 Å². The second kappa shape index (κ2) is 5.29. The van der Waals surface area contributed by atoms with Crippen LogP contribution in [0.2, 0.25) is 10.0 Å². The molecule has 0 radical (unpaired) electrons. The van der Waals surface area contributed by atoms with E-state index in [-0.39, 0.29) is 16.9 Å². The highest BCUT2D eigenvalue weighted by Crippen LogP contribution is 2.36. The Labute approximate surface area is 113 Å². The average Bonchev–Trinajstić information content (AvgIpc) is 2.36. The normalized spacial score (nSPS) is 10.2. The van der Waals surface area contributed by atoms with Crippen molar-refractivity contribution in [2.24, 2.45) is 0 Å². The molecule has 7 heteroatoms. The molecule has 0 fully saturated rings. The monoisotopic (exact) mass is 285 g/mol. The van der Waals surface area contributed by atoms with E-state index in [4.69, 9.17) is 38.4 Å². The van der Waals surface area contributed by atoms with Gasteiger partial charge in [0.05, 0.1) is 24.0 Å². The van der Waals surface area contributed by atoms with Crippen molar-refractivity contribution in [3.63, 3.8) is 0 Å². The maximum absolute atomic E-state index is 5.98. The lowest BCUT2D eigenvalue weighted by Crippen LogP contribution is -1.98. The van der Waals surface area contributed by atoms with E-state index in [1.165, 1.54) is 13.3 Å². The molecule has 0 aliphatic carbocycles. The van der Waals surface area contributed by atoms with Gasteiger partial charge >= 0.3 is 6.01 Å². The summed E-state index contributed by atoms with van der Waals surface area (Å²) in [5, 5.41) is 0.596. The first-order valence-electron chi connectivity index (χ1n) is 4.90. The third kappa shape index (κ3) is 2.57. The van der Waals surface area contributed by atoms with E-state index in [9.17, 15) is 0 Å². The van der Waals surface area contributed by atoms with Crippen LogP contribution in [0.3, 0.4) is 0 Å². The zero-order valence-corrected chi connectivity index (χ0v) is 10.9. The first-order valence-corrected chi connectivity index (χ1v) is 5.65. The van der Waals surface area contributed by atoms with Gasteiger partial charge < -0.3 is 15.2 Å². The van der Waals surface area contributed by atoms with E-state index >= 15 is 0 Å². The molecule has 0 spiro atoms. The number of nitrogen functional groups attached to an aromatic ring is 1. The molecular formula is C11H9Cl2N3O2. The summed E-state index contributed by atoms with van der Waals surface area (Å²) >= 11 is 11.9. The van der Waals surface area contributed by atoms with Crippen LogP contribution in [0, 0.1) is 0 Å². The standard InChI is InChI=1S/C11H9Cl2N3O2/c1-17-11-15-5-7(13)10(16-11)18-9-6(12)3-2-4-8(9)14/h2-5H,14H2,1H3. The molecule has 0 aliphatic rings. The van der Waals surface area contributed by atoms with Gasteiger partial charge in [-0.1, -0.05) is 29.3 Å². The minimum Gasteiger partial charge on any atom is -0.467 e. The number of anilines is 1. The summed E-state index contributed by atoms with van der Waals surface area (Å²) in [5.41, 5.74) is 6.15. The van der Waals surface area contributed by atoms with Crippen molar-refractivity contribution < 1.29 is 9.47 Å². The van der Waals surface area contributed by atoms with Crippen LogP contribution < -0.4 is 15.2 Å². The van der Waals surface area contributed by atoms with Crippen molar-refractivity contribution in [3.8, 4) is 17.6 Å². The van der Waals surface area contributed by atoms with Crippen LogP contribution in [0.15, 0.2) is 24.4 Å². The topological polar surface area (TPSA) is 70.3 Å². The molecule has 0 amide bonds. The van der Waals surface area contributed by atoms with Crippen LogP contribution in [0.1, 0.15) is 0 Å². The number of benzene rings is 1. The molecule has 2 N–H and O–H groups in total. The Kier molecular flexibility index (Phi) is 3.74. The number of nitrogens with zero attached hydrogens (tertiary/aromatic N) is 2. The van der Waals surface area contributed by atoms with Gasteiger partial charge in [0.15, 0.2) is 5.75 Å². The number of methoxy groups -OCH3 is 1. The Hall–Kier alpha value is -1.72. The van der Waals surface area contributed by atoms with Crippen LogP contribution >= 0.6 is 23.2 Å². The molecular weight excluding hydrogens is 277 g/mol. The molecule has 0 saturated carbocycles. The van der Waals surface area contributed by atoms with Crippen LogP contribution in [0.4, 0.5) is 5.69 Å². The molecule has 0 atom stereocenters. The zero-order valence-electron chi connectivity index (χ0n) is 9.35. The molecule has 5 nitrogen and oxygen atoms in total. The highest BCUT2D eigenvalue weighted by Gasteiger charge is 2.12. The predicted octanol–water partition coefficient (Wildman–Crippen LogP) is 3.17. The molecule has 2 aromatic rings. The first-order chi connectivity index (χ1) is 8.61. The van der Waals surface area contributed by atoms with E-state index in [1.54, 1.807) is 18.2 Å². The van der Waals surface area contributed by atoms with Crippen molar-refractivity contribution in [1.29, 1.82) is 0 Å². The fourth-order valence-electron chi connectivity index (χ4n) is 1.24. The summed E-state index contributed by atoms with van der Waals surface area (Å²) in [4.78, 5) is 7.80. The molecule has 0 bridgehead atoms. The number of nitrogens with two attached hydrogens (primary N) is 1. The molecule has 0 unspecified atom stereocenters. The van der Waals surface area contributed by atoms with E-state index in [0.29, 0.717) is 16.5 Å². The van der Waals surface area contributed by atoms with Gasteiger partial charge in [0, 0.05) is 0 Å². The number of halogens is 2. The Morgan fingerprint density at radius 3 is 2.67 bits per heavy atom. The lowest BCUT2D eigenvalue weighted by Gasteiger charge is -2.10. The average molecular weight is 286 g/mol. The molecule has 1 heterocycles. The Morgan fingerprint density at radius 2 is 2.00 bits per heavy atom. The Bertz CT molecular complexity index is 558. The summed E-state index contributed by atoms with van der Waals surface area (Å²) in [7, 11) is 1.44. The lowest BCUT2D eigenvalue weighted by atomic mass is 10.3. The first kappa shape index (κ1) is 12.7. The van der Waals surface area contributed by atoms with Gasteiger partial charge in [-0.15, -0.1) is 0 Å². The van der Waals surface area contributed by atoms with Crippen LogP contribution in [-0.2, 0) is 0 Å². The third-order valence-electron chi connectivity index (χ3n) is 2.07. The second-order valence-corrected chi connectivity index (χ2v) is 4.08. The van der Waals surface area contributed by atoms with Crippen LogP contribution in [0.25, 0.3) is 0 Å². The van der Waals surface area contributed by atoms with Gasteiger partial charge in [-0.05, 0) is 12.1 Å². The lowest BCUT2D eigenvalue weighted by molar-refractivity contribution is 0.366. The van der Waals surface area contributed by atoms with E-state index in [2.05, 4.69) is 9.97 Å². The van der Waals surface area contributed by atoms with Crippen molar-refractivity contribution in [2.75, 3.05) is 12.8 Å². The quantitative estimate of drug-likeness (QED) is 0.877. The number of rotatable bonds is 3. The van der Waals surface area contributed by atoms with Crippen molar-refractivity contribution >= 4 is 28.9 Å². The molecule has 0 saturated heterocycles. The van der Waals surface area contributed by atoms with Crippen molar-refractivity contribution in [3.05, 3.63) is 34.4 Å². The molecule has 1 aromatic heterocycles. The highest BCUT2D eigenvalue weighted by atomic mass is 35.5. The predicted molar refractivity (Wildman–Crippen MR) is 69.5 cm³/mol. The zero-order chi connectivity index (χ0) is 13.1. The molecule has 94 valence electrons. The van der Waals surface area contributed by atoms with Crippen molar-refractivity contribution in [1.82, 2.24) is 9.97 Å². The smallest absolute Gasteiger partial charge is 0.319 e. The summed E-state index contributed by atoms with van der Waals surface area (Å²) < 4.78 is 10.4. The number of para-hydroxylation sites is 1. The minimum atomic E-state index is 0.128. The molecule has 18 heavy (non-hydrogen) atoms. The number of aromatic nitrogens is 2.